The highest BCUT2D eigenvalue weighted by Gasteiger charge is 2.32. The minimum Gasteiger partial charge on any atom is -0.357 e. The van der Waals surface area contributed by atoms with Crippen LogP contribution in [0.25, 0.3) is 0 Å². The van der Waals surface area contributed by atoms with Gasteiger partial charge in [0.2, 0.25) is 11.8 Å². The third-order valence-corrected chi connectivity index (χ3v) is 7.64. The molecular weight excluding hydrogens is 481 g/mol. The van der Waals surface area contributed by atoms with Gasteiger partial charge in [0, 0.05) is 13.6 Å². The number of anilines is 1. The Labute approximate surface area is 211 Å². The highest BCUT2D eigenvalue weighted by molar-refractivity contribution is 7.92. The van der Waals surface area contributed by atoms with E-state index in [4.69, 9.17) is 0 Å². The van der Waals surface area contributed by atoms with Crippen molar-refractivity contribution in [3.8, 4) is 0 Å². The maximum Gasteiger partial charge on any atom is 0.264 e. The van der Waals surface area contributed by atoms with Gasteiger partial charge in [0.15, 0.2) is 0 Å². The summed E-state index contributed by atoms with van der Waals surface area (Å²) in [5, 5.41) is 2.55. The lowest BCUT2D eigenvalue weighted by molar-refractivity contribution is -0.139. The van der Waals surface area contributed by atoms with Crippen molar-refractivity contribution >= 4 is 27.5 Å². The van der Waals surface area contributed by atoms with E-state index in [1.807, 2.05) is 38.1 Å². The van der Waals surface area contributed by atoms with Gasteiger partial charge >= 0.3 is 0 Å². The predicted molar refractivity (Wildman–Crippen MR) is 137 cm³/mol. The third-order valence-electron chi connectivity index (χ3n) is 5.85. The van der Waals surface area contributed by atoms with E-state index in [0.29, 0.717) is 0 Å². The Bertz CT molecular complexity index is 1330. The number of carbonyl (C=O) groups is 2. The number of aryl methyl sites for hydroxylation is 2. The zero-order chi connectivity index (χ0) is 26.5. The van der Waals surface area contributed by atoms with E-state index in [9.17, 15) is 22.4 Å². The lowest BCUT2D eigenvalue weighted by atomic mass is 10.1. The zero-order valence-electron chi connectivity index (χ0n) is 20.7. The SMILES string of the molecule is CNC(=O)C(C)N(Cc1cccc(C)c1)C(=O)CN(c1ccc(C)cc1)S(=O)(=O)c1ccc(F)cc1. The fourth-order valence-corrected chi connectivity index (χ4v) is 5.19. The summed E-state index contributed by atoms with van der Waals surface area (Å²) >= 11 is 0. The molecule has 36 heavy (non-hydrogen) atoms. The van der Waals surface area contributed by atoms with Gasteiger partial charge in [-0.1, -0.05) is 47.5 Å². The van der Waals surface area contributed by atoms with Gasteiger partial charge in [0.25, 0.3) is 10.0 Å². The number of hydrogen-bond acceptors (Lipinski definition) is 4. The minimum absolute atomic E-state index is 0.118. The van der Waals surface area contributed by atoms with Gasteiger partial charge in [-0.15, -0.1) is 0 Å². The molecule has 3 aromatic carbocycles. The zero-order valence-corrected chi connectivity index (χ0v) is 21.5. The molecule has 0 heterocycles. The van der Waals surface area contributed by atoms with Crippen molar-refractivity contribution in [1.29, 1.82) is 0 Å². The summed E-state index contributed by atoms with van der Waals surface area (Å²) < 4.78 is 41.7. The number of halogens is 1. The number of benzene rings is 3. The maximum atomic E-state index is 13.7. The van der Waals surface area contributed by atoms with Crippen molar-refractivity contribution < 1.29 is 22.4 Å². The van der Waals surface area contributed by atoms with E-state index in [1.54, 1.807) is 31.2 Å². The molecule has 0 saturated heterocycles. The Hall–Kier alpha value is -3.72. The number of nitrogens with zero attached hydrogens (tertiary/aromatic N) is 2. The molecule has 0 aliphatic rings. The van der Waals surface area contributed by atoms with E-state index < -0.39 is 34.3 Å². The van der Waals surface area contributed by atoms with Crippen molar-refractivity contribution in [3.63, 3.8) is 0 Å². The first-order valence-corrected chi connectivity index (χ1v) is 12.9. The van der Waals surface area contributed by atoms with E-state index in [2.05, 4.69) is 5.32 Å². The molecule has 2 amide bonds. The van der Waals surface area contributed by atoms with Crippen LogP contribution in [-0.4, -0.2) is 44.8 Å². The van der Waals surface area contributed by atoms with Crippen LogP contribution in [0.3, 0.4) is 0 Å². The number of carbonyl (C=O) groups excluding carboxylic acids is 2. The van der Waals surface area contributed by atoms with Gasteiger partial charge in [-0.2, -0.15) is 0 Å². The van der Waals surface area contributed by atoms with Crippen molar-refractivity contribution in [1.82, 2.24) is 10.2 Å². The summed E-state index contributed by atoms with van der Waals surface area (Å²) in [4.78, 5) is 27.3. The van der Waals surface area contributed by atoms with Crippen LogP contribution in [0.5, 0.6) is 0 Å². The number of rotatable bonds is 9. The lowest BCUT2D eigenvalue weighted by Crippen LogP contribution is -2.50. The molecular formula is C27H30FN3O4S. The van der Waals surface area contributed by atoms with Crippen LogP contribution in [0.15, 0.2) is 77.7 Å². The first-order valence-electron chi connectivity index (χ1n) is 11.4. The summed E-state index contributed by atoms with van der Waals surface area (Å²) in [6.45, 7) is 4.95. The largest absolute Gasteiger partial charge is 0.357 e. The van der Waals surface area contributed by atoms with Crippen molar-refractivity contribution in [3.05, 3.63) is 95.3 Å². The number of likely N-dealkylation sites (N-methyl/N-ethyl adjacent to an activating group) is 1. The molecule has 1 atom stereocenters. The Morgan fingerprint density at radius 1 is 0.944 bits per heavy atom. The fourth-order valence-electron chi connectivity index (χ4n) is 3.77. The highest BCUT2D eigenvalue weighted by Crippen LogP contribution is 2.25. The second-order valence-electron chi connectivity index (χ2n) is 8.60. The van der Waals surface area contributed by atoms with Crippen LogP contribution < -0.4 is 9.62 Å². The fraction of sp³-hybridized carbons (Fsp3) is 0.259. The van der Waals surface area contributed by atoms with Crippen molar-refractivity contribution in [2.45, 2.75) is 38.3 Å². The molecule has 0 aromatic heterocycles. The van der Waals surface area contributed by atoms with Crippen LogP contribution >= 0.6 is 0 Å². The number of amides is 2. The second kappa shape index (κ2) is 11.3. The lowest BCUT2D eigenvalue weighted by Gasteiger charge is -2.32. The van der Waals surface area contributed by atoms with Gasteiger partial charge in [-0.25, -0.2) is 12.8 Å². The topological polar surface area (TPSA) is 86.8 Å². The van der Waals surface area contributed by atoms with Crippen LogP contribution in [-0.2, 0) is 26.2 Å². The van der Waals surface area contributed by atoms with Gasteiger partial charge in [-0.05, 0) is 62.7 Å². The van der Waals surface area contributed by atoms with Crippen LogP contribution in [0.2, 0.25) is 0 Å². The number of hydrogen-bond donors (Lipinski definition) is 1. The van der Waals surface area contributed by atoms with Crippen LogP contribution in [0.1, 0.15) is 23.6 Å². The van der Waals surface area contributed by atoms with Gasteiger partial charge in [0.05, 0.1) is 10.6 Å². The molecule has 190 valence electrons. The molecule has 0 aliphatic heterocycles. The summed E-state index contributed by atoms with van der Waals surface area (Å²) in [6.07, 6.45) is 0. The Kier molecular flexibility index (Phi) is 8.47. The van der Waals surface area contributed by atoms with Gasteiger partial charge < -0.3 is 10.2 Å². The summed E-state index contributed by atoms with van der Waals surface area (Å²) in [5.74, 6) is -1.51. The molecule has 0 saturated carbocycles. The van der Waals surface area contributed by atoms with Gasteiger partial charge in [0.1, 0.15) is 18.4 Å². The van der Waals surface area contributed by atoms with Crippen LogP contribution in [0.4, 0.5) is 10.1 Å². The molecule has 3 rings (SSSR count). The molecule has 1 unspecified atom stereocenters. The van der Waals surface area contributed by atoms with E-state index in [0.717, 1.165) is 45.3 Å². The van der Waals surface area contributed by atoms with E-state index >= 15 is 0 Å². The molecule has 3 aromatic rings. The Balaban J connectivity index is 2.02. The quantitative estimate of drug-likeness (QED) is 0.474. The smallest absolute Gasteiger partial charge is 0.264 e. The number of nitrogens with one attached hydrogen (secondary N) is 1. The number of sulfonamides is 1. The standard InChI is InChI=1S/C27H30FN3O4S/c1-19-8-12-24(13-9-19)31(36(34,35)25-14-10-23(28)11-15-25)18-26(32)30(21(3)27(33)29-4)17-22-7-5-6-20(2)16-22/h5-16,21H,17-18H2,1-4H3,(H,29,33). The normalized spacial score (nSPS) is 12.0. The molecule has 0 fully saturated rings. The average Bonchev–Trinajstić information content (AvgIpc) is 2.85. The molecule has 0 bridgehead atoms. The minimum atomic E-state index is -4.22. The molecule has 0 radical (unpaired) electrons. The Morgan fingerprint density at radius 3 is 2.17 bits per heavy atom. The first kappa shape index (κ1) is 26.9. The average molecular weight is 512 g/mol. The van der Waals surface area contributed by atoms with Crippen molar-refractivity contribution in [2.75, 3.05) is 17.9 Å². The summed E-state index contributed by atoms with van der Waals surface area (Å²) in [7, 11) is -2.75. The molecule has 1 N–H and O–H groups in total. The Morgan fingerprint density at radius 2 is 1.58 bits per heavy atom. The first-order chi connectivity index (χ1) is 17.0. The predicted octanol–water partition coefficient (Wildman–Crippen LogP) is 3.80. The third kappa shape index (κ3) is 6.28. The van der Waals surface area contributed by atoms with Gasteiger partial charge in [-0.3, -0.25) is 13.9 Å². The van der Waals surface area contributed by atoms with E-state index in [1.165, 1.54) is 11.9 Å². The van der Waals surface area contributed by atoms with Crippen molar-refractivity contribution in [2.24, 2.45) is 0 Å². The molecule has 0 spiro atoms. The molecule has 9 heteroatoms. The highest BCUT2D eigenvalue weighted by atomic mass is 32.2. The summed E-state index contributed by atoms with van der Waals surface area (Å²) in [5.41, 5.74) is 3.00. The summed E-state index contributed by atoms with van der Waals surface area (Å²) in [6, 6.07) is 17.8. The maximum absolute atomic E-state index is 13.7. The molecule has 7 nitrogen and oxygen atoms in total. The van der Waals surface area contributed by atoms with E-state index in [-0.39, 0.29) is 23.0 Å². The molecule has 0 aliphatic carbocycles. The second-order valence-corrected chi connectivity index (χ2v) is 10.5. The van der Waals surface area contributed by atoms with Crippen LogP contribution in [0, 0.1) is 19.7 Å². The monoisotopic (exact) mass is 511 g/mol.